The molecule has 78 valence electrons. The summed E-state index contributed by atoms with van der Waals surface area (Å²) in [5.41, 5.74) is 0.318. The summed E-state index contributed by atoms with van der Waals surface area (Å²) in [5, 5.41) is 0.315. The number of hydrogen-bond acceptors (Lipinski definition) is 0. The summed E-state index contributed by atoms with van der Waals surface area (Å²) in [6, 6.07) is 2.90. The lowest BCUT2D eigenvalue weighted by molar-refractivity contribution is 0.483. The predicted octanol–water partition coefficient (Wildman–Crippen LogP) is 5.29. The molecule has 1 rings (SSSR count). The highest BCUT2D eigenvalue weighted by molar-refractivity contribution is 6.67. The van der Waals surface area contributed by atoms with Gasteiger partial charge in [0.15, 0.2) is 0 Å². The van der Waals surface area contributed by atoms with Gasteiger partial charge in [0.05, 0.1) is 10.0 Å². The van der Waals surface area contributed by atoms with Gasteiger partial charge >= 0.3 is 0 Å². The van der Waals surface area contributed by atoms with E-state index < -0.39 is 10.5 Å². The first-order valence-electron chi connectivity index (χ1n) is 3.48. The Kier molecular flexibility index (Phi) is 4.19. The minimum absolute atomic E-state index is 0.0815. The minimum atomic E-state index is -1.70. The second kappa shape index (κ2) is 4.63. The Bertz CT molecular complexity index is 344. The fourth-order valence-electron chi connectivity index (χ4n) is 0.989. The van der Waals surface area contributed by atoms with E-state index >= 15 is 0 Å². The van der Waals surface area contributed by atoms with Gasteiger partial charge in [0, 0.05) is 11.1 Å². The predicted molar refractivity (Wildman–Crippen MR) is 60.5 cm³/mol. The zero-order valence-corrected chi connectivity index (χ0v) is 10.4. The van der Waals surface area contributed by atoms with Crippen LogP contribution in [0, 0.1) is 0 Å². The van der Waals surface area contributed by atoms with Crippen LogP contribution in [0.5, 0.6) is 0 Å². The second-order valence-electron chi connectivity index (χ2n) is 2.52. The Morgan fingerprint density at radius 3 is 2.14 bits per heavy atom. The Hall–Kier alpha value is 0.600. The molecule has 1 aromatic rings. The van der Waals surface area contributed by atoms with Crippen LogP contribution in [-0.2, 0) is 10.5 Å². The van der Waals surface area contributed by atoms with Gasteiger partial charge in [-0.15, -0.1) is 0 Å². The van der Waals surface area contributed by atoms with Crippen molar-refractivity contribution >= 4 is 58.0 Å². The normalized spacial score (nSPS) is 11.9. The van der Waals surface area contributed by atoms with Crippen molar-refractivity contribution in [1.29, 1.82) is 0 Å². The van der Waals surface area contributed by atoms with Crippen LogP contribution in [0.2, 0.25) is 10.0 Å². The molecule has 0 unspecified atom stereocenters. The molecule has 0 amide bonds. The Labute approximate surface area is 106 Å². The standard InChI is InChI=1S/C8H4Cl5F/c9-6-2-1-5(8(11,12)13)4(3-14)7(6)10/h1-2H,3H2. The zero-order valence-electron chi connectivity index (χ0n) is 6.63. The van der Waals surface area contributed by atoms with Gasteiger partial charge in [0.1, 0.15) is 6.67 Å². The lowest BCUT2D eigenvalue weighted by Crippen LogP contribution is -2.05. The molecular weight excluding hydrogens is 292 g/mol. The molecule has 0 saturated heterocycles. The molecule has 14 heavy (non-hydrogen) atoms. The first kappa shape index (κ1) is 12.7. The second-order valence-corrected chi connectivity index (χ2v) is 5.59. The molecule has 0 saturated carbocycles. The average molecular weight is 296 g/mol. The Balaban J connectivity index is 3.39. The molecule has 0 aliphatic heterocycles. The van der Waals surface area contributed by atoms with Gasteiger partial charge in [0.2, 0.25) is 3.79 Å². The van der Waals surface area contributed by atoms with E-state index in [4.69, 9.17) is 58.0 Å². The third kappa shape index (κ3) is 2.59. The lowest BCUT2D eigenvalue weighted by Gasteiger charge is -2.16. The fraction of sp³-hybridized carbons (Fsp3) is 0.250. The van der Waals surface area contributed by atoms with Gasteiger partial charge in [-0.2, -0.15) is 0 Å². The van der Waals surface area contributed by atoms with Gasteiger partial charge in [-0.3, -0.25) is 0 Å². The summed E-state index contributed by atoms with van der Waals surface area (Å²) in [7, 11) is 0. The van der Waals surface area contributed by atoms with E-state index in [1.807, 2.05) is 0 Å². The van der Waals surface area contributed by atoms with Gasteiger partial charge < -0.3 is 0 Å². The molecule has 0 aliphatic rings. The van der Waals surface area contributed by atoms with E-state index in [-0.39, 0.29) is 21.2 Å². The summed E-state index contributed by atoms with van der Waals surface area (Å²) in [6.45, 7) is -0.831. The molecule has 0 aromatic heterocycles. The topological polar surface area (TPSA) is 0 Å². The van der Waals surface area contributed by atoms with Crippen LogP contribution in [0.3, 0.4) is 0 Å². The van der Waals surface area contributed by atoms with Crippen molar-refractivity contribution < 1.29 is 4.39 Å². The monoisotopic (exact) mass is 294 g/mol. The Morgan fingerprint density at radius 2 is 1.71 bits per heavy atom. The summed E-state index contributed by atoms with van der Waals surface area (Å²) in [6.07, 6.45) is 0. The Morgan fingerprint density at radius 1 is 1.14 bits per heavy atom. The molecule has 6 heteroatoms. The smallest absolute Gasteiger partial charge is 0.216 e. The van der Waals surface area contributed by atoms with Gasteiger partial charge in [-0.25, -0.2) is 4.39 Å². The molecule has 0 N–H and O–H groups in total. The first-order chi connectivity index (χ1) is 6.38. The van der Waals surface area contributed by atoms with E-state index in [0.717, 1.165) is 0 Å². The summed E-state index contributed by atoms with van der Waals surface area (Å²) >= 11 is 28.3. The van der Waals surface area contributed by atoms with Crippen LogP contribution in [0.15, 0.2) is 12.1 Å². The lowest BCUT2D eigenvalue weighted by atomic mass is 10.1. The number of hydrogen-bond donors (Lipinski definition) is 0. The van der Waals surface area contributed by atoms with Gasteiger partial charge in [0.25, 0.3) is 0 Å². The highest BCUT2D eigenvalue weighted by atomic mass is 35.6. The molecule has 0 spiro atoms. The van der Waals surface area contributed by atoms with Crippen molar-refractivity contribution in [3.05, 3.63) is 33.3 Å². The maximum atomic E-state index is 12.6. The van der Waals surface area contributed by atoms with Crippen LogP contribution in [0.4, 0.5) is 4.39 Å². The highest BCUT2D eigenvalue weighted by Gasteiger charge is 2.27. The molecule has 0 bridgehead atoms. The highest BCUT2D eigenvalue weighted by Crippen LogP contribution is 2.43. The number of benzene rings is 1. The van der Waals surface area contributed by atoms with Crippen LogP contribution in [0.25, 0.3) is 0 Å². The summed E-state index contributed by atoms with van der Waals surface area (Å²) in [5.74, 6) is 0. The van der Waals surface area contributed by atoms with E-state index in [1.165, 1.54) is 12.1 Å². The maximum Gasteiger partial charge on any atom is 0.216 e. The van der Waals surface area contributed by atoms with E-state index in [1.54, 1.807) is 0 Å². The molecule has 1 aromatic carbocycles. The van der Waals surface area contributed by atoms with Crippen LogP contribution in [-0.4, -0.2) is 0 Å². The first-order valence-corrected chi connectivity index (χ1v) is 5.37. The average Bonchev–Trinajstić information content (AvgIpc) is 2.07. The van der Waals surface area contributed by atoms with Crippen molar-refractivity contribution in [3.63, 3.8) is 0 Å². The fourth-order valence-corrected chi connectivity index (χ4v) is 1.91. The molecule has 0 atom stereocenters. The molecule has 0 nitrogen and oxygen atoms in total. The largest absolute Gasteiger partial charge is 0.246 e. The molecule has 0 radical (unpaired) electrons. The number of rotatable bonds is 1. The summed E-state index contributed by atoms with van der Waals surface area (Å²) in [4.78, 5) is 0. The van der Waals surface area contributed by atoms with Crippen molar-refractivity contribution in [2.75, 3.05) is 0 Å². The SMILES string of the molecule is FCc1c(C(Cl)(Cl)Cl)ccc(Cl)c1Cl. The van der Waals surface area contributed by atoms with E-state index in [9.17, 15) is 4.39 Å². The van der Waals surface area contributed by atoms with Crippen molar-refractivity contribution in [3.8, 4) is 0 Å². The van der Waals surface area contributed by atoms with E-state index in [2.05, 4.69) is 0 Å². The molecular formula is C8H4Cl5F. The van der Waals surface area contributed by atoms with Gasteiger partial charge in [-0.1, -0.05) is 64.1 Å². The van der Waals surface area contributed by atoms with Crippen molar-refractivity contribution in [2.45, 2.75) is 10.5 Å². The molecule has 0 aliphatic carbocycles. The minimum Gasteiger partial charge on any atom is -0.246 e. The van der Waals surface area contributed by atoms with Crippen LogP contribution >= 0.6 is 58.0 Å². The maximum absolute atomic E-state index is 12.6. The summed E-state index contributed by atoms with van der Waals surface area (Å²) < 4.78 is 10.9. The van der Waals surface area contributed by atoms with Crippen molar-refractivity contribution in [1.82, 2.24) is 0 Å². The third-order valence-corrected chi connectivity index (χ3v) is 3.09. The zero-order chi connectivity index (χ0) is 10.9. The van der Waals surface area contributed by atoms with Crippen LogP contribution in [0.1, 0.15) is 11.1 Å². The number of halogens is 6. The third-order valence-electron chi connectivity index (χ3n) is 1.64. The molecule has 0 fully saturated rings. The quantitative estimate of drug-likeness (QED) is 0.618. The molecule has 0 heterocycles. The van der Waals surface area contributed by atoms with E-state index in [0.29, 0.717) is 0 Å². The van der Waals surface area contributed by atoms with Gasteiger partial charge in [-0.05, 0) is 6.07 Å². The number of alkyl halides is 4. The van der Waals surface area contributed by atoms with Crippen LogP contribution < -0.4 is 0 Å². The van der Waals surface area contributed by atoms with Crippen molar-refractivity contribution in [2.24, 2.45) is 0 Å².